The highest BCUT2D eigenvalue weighted by Gasteiger charge is 2.30. The number of nitrogens with zero attached hydrogens (tertiary/aromatic N) is 1. The van der Waals surface area contributed by atoms with Crippen LogP contribution in [0.3, 0.4) is 0 Å². The topological polar surface area (TPSA) is 87.7 Å². The van der Waals surface area contributed by atoms with Gasteiger partial charge in [0.2, 0.25) is 5.91 Å². The number of fused-ring (bicyclic) bond motifs is 1. The first kappa shape index (κ1) is 25.7. The molecule has 7 heteroatoms. The molecule has 35 heavy (non-hydrogen) atoms. The number of carbonyl (C=O) groups is 3. The zero-order chi connectivity index (χ0) is 25.8. The molecular weight excluding hydrogens is 442 g/mol. The lowest BCUT2D eigenvalue weighted by atomic mass is 9.97. The summed E-state index contributed by atoms with van der Waals surface area (Å²) in [4.78, 5) is 39.9. The number of ether oxygens (including phenoxy) is 1. The molecule has 0 fully saturated rings. The summed E-state index contributed by atoms with van der Waals surface area (Å²) in [6.07, 6.45) is -0.692. The van der Waals surface area contributed by atoms with Crippen molar-refractivity contribution in [3.63, 3.8) is 0 Å². The Balaban J connectivity index is 1.84. The molecule has 3 aromatic rings. The lowest BCUT2D eigenvalue weighted by Gasteiger charge is -2.29. The Morgan fingerprint density at radius 2 is 1.63 bits per heavy atom. The van der Waals surface area contributed by atoms with Crippen LogP contribution in [0.2, 0.25) is 0 Å². The van der Waals surface area contributed by atoms with Crippen LogP contribution in [0.4, 0.5) is 10.5 Å². The molecule has 0 spiro atoms. The van der Waals surface area contributed by atoms with Crippen LogP contribution in [0.25, 0.3) is 10.8 Å². The van der Waals surface area contributed by atoms with Crippen molar-refractivity contribution >= 4 is 34.4 Å². The molecule has 0 heterocycles. The van der Waals surface area contributed by atoms with E-state index in [2.05, 4.69) is 10.6 Å². The minimum atomic E-state index is -0.894. The van der Waals surface area contributed by atoms with Crippen molar-refractivity contribution in [2.45, 2.75) is 46.3 Å². The summed E-state index contributed by atoms with van der Waals surface area (Å²) < 4.78 is 5.21. The van der Waals surface area contributed by atoms with E-state index < -0.39 is 23.6 Å². The Hall–Kier alpha value is -3.87. The van der Waals surface area contributed by atoms with E-state index in [0.29, 0.717) is 11.3 Å². The molecule has 0 saturated carbocycles. The molecule has 3 rings (SSSR count). The first-order chi connectivity index (χ1) is 16.4. The SMILES string of the molecule is Cc1ccc(C(C(=O)Nc2ccc3ccccc3c2)N(C)C(=O)CNC(=O)OC(C)(C)C)c(C)c1. The number of amides is 3. The lowest BCUT2D eigenvalue weighted by molar-refractivity contribution is -0.136. The molecular formula is C28H33N3O4. The van der Waals surface area contributed by atoms with Crippen molar-refractivity contribution in [2.24, 2.45) is 0 Å². The summed E-state index contributed by atoms with van der Waals surface area (Å²) >= 11 is 0. The second-order valence-electron chi connectivity index (χ2n) is 9.67. The molecule has 0 aliphatic heterocycles. The monoisotopic (exact) mass is 475 g/mol. The fourth-order valence-electron chi connectivity index (χ4n) is 3.87. The van der Waals surface area contributed by atoms with Crippen molar-refractivity contribution < 1.29 is 19.1 Å². The minimum Gasteiger partial charge on any atom is -0.444 e. The maximum Gasteiger partial charge on any atom is 0.408 e. The van der Waals surface area contributed by atoms with Crippen LogP contribution < -0.4 is 10.6 Å². The molecule has 184 valence electrons. The standard InChI is InChI=1S/C28H33N3O4/c1-18-11-14-23(19(2)15-18)25(31(6)24(32)17-29-27(34)35-28(3,4)5)26(33)30-22-13-12-20-9-7-8-10-21(20)16-22/h7-16,25H,17H2,1-6H3,(H,29,34)(H,30,33). The Kier molecular flexibility index (Phi) is 7.79. The van der Waals surface area contributed by atoms with E-state index >= 15 is 0 Å². The van der Waals surface area contributed by atoms with E-state index in [1.165, 1.54) is 4.90 Å². The Bertz CT molecular complexity index is 1250. The number of nitrogens with one attached hydrogen (secondary N) is 2. The Labute approximate surface area is 206 Å². The van der Waals surface area contributed by atoms with Gasteiger partial charge < -0.3 is 20.3 Å². The molecule has 1 unspecified atom stereocenters. The molecule has 2 N–H and O–H groups in total. The summed E-state index contributed by atoms with van der Waals surface area (Å²) in [6, 6.07) is 18.4. The highest BCUT2D eigenvalue weighted by atomic mass is 16.6. The van der Waals surface area contributed by atoms with Crippen LogP contribution in [-0.2, 0) is 14.3 Å². The predicted octanol–water partition coefficient (Wildman–Crippen LogP) is 5.12. The third-order valence-corrected chi connectivity index (χ3v) is 5.55. The number of likely N-dealkylation sites (N-methyl/N-ethyl adjacent to an activating group) is 1. The van der Waals surface area contributed by atoms with E-state index in [9.17, 15) is 14.4 Å². The van der Waals surface area contributed by atoms with Crippen LogP contribution in [-0.4, -0.2) is 42.0 Å². The highest BCUT2D eigenvalue weighted by molar-refractivity contribution is 6.00. The number of alkyl carbamates (subject to hydrolysis) is 1. The van der Waals surface area contributed by atoms with E-state index in [4.69, 9.17) is 4.74 Å². The van der Waals surface area contributed by atoms with E-state index in [1.807, 2.05) is 74.5 Å². The second kappa shape index (κ2) is 10.6. The lowest BCUT2D eigenvalue weighted by Crippen LogP contribution is -2.44. The van der Waals surface area contributed by atoms with E-state index in [-0.39, 0.29) is 12.5 Å². The number of anilines is 1. The van der Waals surface area contributed by atoms with Gasteiger partial charge in [-0.1, -0.05) is 54.1 Å². The average Bonchev–Trinajstić information content (AvgIpc) is 2.77. The fourth-order valence-corrected chi connectivity index (χ4v) is 3.87. The Morgan fingerprint density at radius 1 is 0.943 bits per heavy atom. The van der Waals surface area contributed by atoms with Crippen LogP contribution in [0, 0.1) is 13.8 Å². The summed E-state index contributed by atoms with van der Waals surface area (Å²) in [7, 11) is 1.56. The fraction of sp³-hybridized carbons (Fsp3) is 0.321. The average molecular weight is 476 g/mol. The number of aryl methyl sites for hydroxylation is 2. The number of rotatable bonds is 6. The largest absolute Gasteiger partial charge is 0.444 e. The van der Waals surface area contributed by atoms with Gasteiger partial charge in [-0.2, -0.15) is 0 Å². The Morgan fingerprint density at radius 3 is 2.29 bits per heavy atom. The molecule has 0 aliphatic rings. The van der Waals surface area contributed by atoms with Crippen molar-refractivity contribution in [3.05, 3.63) is 77.4 Å². The highest BCUT2D eigenvalue weighted by Crippen LogP contribution is 2.27. The second-order valence-corrected chi connectivity index (χ2v) is 9.67. The predicted molar refractivity (Wildman–Crippen MR) is 138 cm³/mol. The van der Waals surface area contributed by atoms with Gasteiger partial charge in [0.25, 0.3) is 5.91 Å². The molecule has 0 aromatic heterocycles. The smallest absolute Gasteiger partial charge is 0.408 e. The molecule has 7 nitrogen and oxygen atoms in total. The van der Waals surface area contributed by atoms with Gasteiger partial charge >= 0.3 is 6.09 Å². The van der Waals surface area contributed by atoms with Crippen LogP contribution in [0.1, 0.15) is 43.5 Å². The summed E-state index contributed by atoms with van der Waals surface area (Å²) in [5, 5.41) is 7.50. The summed E-state index contributed by atoms with van der Waals surface area (Å²) in [5.41, 5.74) is 2.61. The molecule has 0 aliphatic carbocycles. The first-order valence-electron chi connectivity index (χ1n) is 11.5. The molecule has 1 atom stereocenters. The van der Waals surface area contributed by atoms with Gasteiger partial charge in [0.15, 0.2) is 0 Å². The van der Waals surface area contributed by atoms with Crippen LogP contribution >= 0.6 is 0 Å². The van der Waals surface area contributed by atoms with Crippen LogP contribution in [0.15, 0.2) is 60.7 Å². The molecule has 0 bridgehead atoms. The number of hydrogen-bond acceptors (Lipinski definition) is 4. The number of benzene rings is 3. The van der Waals surface area contributed by atoms with Crippen LogP contribution in [0.5, 0.6) is 0 Å². The van der Waals surface area contributed by atoms with Gasteiger partial charge in [0.05, 0.1) is 0 Å². The van der Waals surface area contributed by atoms with Crippen molar-refractivity contribution in [1.29, 1.82) is 0 Å². The zero-order valence-corrected chi connectivity index (χ0v) is 21.1. The first-order valence-corrected chi connectivity index (χ1v) is 11.5. The summed E-state index contributed by atoms with van der Waals surface area (Å²) in [5.74, 6) is -0.769. The molecule has 3 amide bonds. The molecule has 3 aromatic carbocycles. The van der Waals surface area contributed by atoms with Gasteiger partial charge in [-0.05, 0) is 68.7 Å². The number of carbonyl (C=O) groups excluding carboxylic acids is 3. The van der Waals surface area contributed by atoms with Crippen molar-refractivity contribution in [1.82, 2.24) is 10.2 Å². The van der Waals surface area contributed by atoms with Gasteiger partial charge in [-0.3, -0.25) is 9.59 Å². The maximum absolute atomic E-state index is 13.5. The number of hydrogen-bond donors (Lipinski definition) is 2. The van der Waals surface area contributed by atoms with E-state index in [1.54, 1.807) is 27.8 Å². The van der Waals surface area contributed by atoms with Gasteiger partial charge in [0, 0.05) is 12.7 Å². The van der Waals surface area contributed by atoms with E-state index in [0.717, 1.165) is 21.9 Å². The maximum atomic E-state index is 13.5. The van der Waals surface area contributed by atoms with Gasteiger partial charge in [-0.25, -0.2) is 4.79 Å². The van der Waals surface area contributed by atoms with Gasteiger partial charge in [0.1, 0.15) is 18.2 Å². The quantitative estimate of drug-likeness (QED) is 0.518. The third-order valence-electron chi connectivity index (χ3n) is 5.55. The van der Waals surface area contributed by atoms with Crippen molar-refractivity contribution in [3.8, 4) is 0 Å². The molecule has 0 saturated heterocycles. The van der Waals surface area contributed by atoms with Crippen molar-refractivity contribution in [2.75, 3.05) is 18.9 Å². The minimum absolute atomic E-state index is 0.296. The normalized spacial score (nSPS) is 12.1. The molecule has 0 radical (unpaired) electrons. The zero-order valence-electron chi connectivity index (χ0n) is 21.1. The summed E-state index contributed by atoms with van der Waals surface area (Å²) in [6.45, 7) is 8.82. The third kappa shape index (κ3) is 6.82. The van der Waals surface area contributed by atoms with Gasteiger partial charge in [-0.15, -0.1) is 0 Å².